The Kier molecular flexibility index (Phi) is 5.27. The molecule has 2 aliphatic rings. The van der Waals surface area contributed by atoms with Gasteiger partial charge in [-0.15, -0.1) is 0 Å². The van der Waals surface area contributed by atoms with Gasteiger partial charge >= 0.3 is 6.09 Å². The van der Waals surface area contributed by atoms with Gasteiger partial charge in [0, 0.05) is 18.6 Å². The van der Waals surface area contributed by atoms with Crippen molar-refractivity contribution in [3.05, 3.63) is 0 Å². The molecule has 116 valence electrons. The van der Waals surface area contributed by atoms with Crippen LogP contribution in [0.2, 0.25) is 0 Å². The van der Waals surface area contributed by atoms with E-state index in [-0.39, 0.29) is 12.1 Å². The van der Waals surface area contributed by atoms with Gasteiger partial charge in [-0.2, -0.15) is 0 Å². The molecule has 20 heavy (non-hydrogen) atoms. The lowest BCUT2D eigenvalue weighted by atomic mass is 9.99. The van der Waals surface area contributed by atoms with Crippen molar-refractivity contribution in [2.75, 3.05) is 26.2 Å². The van der Waals surface area contributed by atoms with Crippen LogP contribution in [0.5, 0.6) is 0 Å². The van der Waals surface area contributed by atoms with E-state index in [0.29, 0.717) is 6.04 Å². The summed E-state index contributed by atoms with van der Waals surface area (Å²) < 4.78 is 5.34. The molecule has 5 heteroatoms. The van der Waals surface area contributed by atoms with Crippen molar-refractivity contribution in [1.82, 2.24) is 15.5 Å². The zero-order valence-corrected chi connectivity index (χ0v) is 13.1. The van der Waals surface area contributed by atoms with Gasteiger partial charge in [0.2, 0.25) is 0 Å². The van der Waals surface area contributed by atoms with Crippen LogP contribution in [-0.4, -0.2) is 54.9 Å². The Labute approximate surface area is 122 Å². The summed E-state index contributed by atoms with van der Waals surface area (Å²) in [6.45, 7) is 10.1. The van der Waals surface area contributed by atoms with Gasteiger partial charge in [0.15, 0.2) is 0 Å². The standard InChI is InChI=1S/C15H29N3O2/c1-15(2,3)20-14(19)17-12-5-4-10-18(11-12)13-6-8-16-9-7-13/h12-13,16H,4-11H2,1-3H3,(H,17,19)/t12-/m1/s1. The van der Waals surface area contributed by atoms with Gasteiger partial charge in [-0.1, -0.05) is 0 Å². The molecule has 0 saturated carbocycles. The Hall–Kier alpha value is -0.810. The van der Waals surface area contributed by atoms with Crippen LogP contribution in [-0.2, 0) is 4.74 Å². The van der Waals surface area contributed by atoms with E-state index in [2.05, 4.69) is 15.5 Å². The van der Waals surface area contributed by atoms with Crippen molar-refractivity contribution in [2.45, 2.75) is 64.1 Å². The molecule has 2 fully saturated rings. The Morgan fingerprint density at radius 3 is 2.60 bits per heavy atom. The maximum atomic E-state index is 11.8. The van der Waals surface area contributed by atoms with Crippen LogP contribution in [0.1, 0.15) is 46.5 Å². The van der Waals surface area contributed by atoms with Gasteiger partial charge < -0.3 is 15.4 Å². The monoisotopic (exact) mass is 283 g/mol. The molecule has 0 radical (unpaired) electrons. The Morgan fingerprint density at radius 1 is 1.25 bits per heavy atom. The number of hydrogen-bond donors (Lipinski definition) is 2. The van der Waals surface area contributed by atoms with Gasteiger partial charge in [0.1, 0.15) is 5.60 Å². The molecule has 2 heterocycles. The molecule has 1 amide bonds. The molecular formula is C15H29N3O2. The highest BCUT2D eigenvalue weighted by Gasteiger charge is 2.28. The van der Waals surface area contributed by atoms with Crippen LogP contribution in [0.3, 0.4) is 0 Å². The number of carbonyl (C=O) groups is 1. The molecule has 5 nitrogen and oxygen atoms in total. The lowest BCUT2D eigenvalue weighted by Crippen LogP contribution is -2.53. The molecule has 0 unspecified atom stereocenters. The average molecular weight is 283 g/mol. The fourth-order valence-electron chi connectivity index (χ4n) is 3.10. The van der Waals surface area contributed by atoms with Crippen LogP contribution >= 0.6 is 0 Å². The first-order valence-electron chi connectivity index (χ1n) is 7.88. The summed E-state index contributed by atoms with van der Waals surface area (Å²) in [4.78, 5) is 14.4. The van der Waals surface area contributed by atoms with Gasteiger partial charge in [-0.25, -0.2) is 4.79 Å². The summed E-state index contributed by atoms with van der Waals surface area (Å²) in [5.41, 5.74) is -0.423. The minimum Gasteiger partial charge on any atom is -0.444 e. The van der Waals surface area contributed by atoms with Gasteiger partial charge in [0.25, 0.3) is 0 Å². The van der Waals surface area contributed by atoms with E-state index < -0.39 is 5.60 Å². The smallest absolute Gasteiger partial charge is 0.407 e. The summed E-state index contributed by atoms with van der Waals surface area (Å²) in [5.74, 6) is 0. The molecule has 0 aromatic heterocycles. The number of rotatable bonds is 2. The number of nitrogens with zero attached hydrogens (tertiary/aromatic N) is 1. The van der Waals surface area contributed by atoms with Gasteiger partial charge in [0.05, 0.1) is 0 Å². The first-order chi connectivity index (χ1) is 9.44. The molecule has 2 N–H and O–H groups in total. The number of nitrogens with one attached hydrogen (secondary N) is 2. The number of amides is 1. The minimum absolute atomic E-state index is 0.230. The Bertz CT molecular complexity index is 322. The van der Waals surface area contributed by atoms with Crippen molar-refractivity contribution in [3.63, 3.8) is 0 Å². The molecule has 0 aromatic carbocycles. The van der Waals surface area contributed by atoms with E-state index in [1.807, 2.05) is 20.8 Å². The molecule has 0 bridgehead atoms. The first kappa shape index (κ1) is 15.6. The summed E-state index contributed by atoms with van der Waals surface area (Å²) in [7, 11) is 0. The van der Waals surface area contributed by atoms with Gasteiger partial charge in [-0.3, -0.25) is 4.90 Å². The normalized spacial score (nSPS) is 26.2. The number of likely N-dealkylation sites (tertiary alicyclic amines) is 1. The second kappa shape index (κ2) is 6.76. The summed E-state index contributed by atoms with van der Waals surface area (Å²) in [6, 6.07) is 0.910. The molecule has 0 spiro atoms. The van der Waals surface area contributed by atoms with E-state index in [0.717, 1.165) is 39.0 Å². The van der Waals surface area contributed by atoms with Crippen LogP contribution in [0, 0.1) is 0 Å². The second-order valence-corrected chi connectivity index (χ2v) is 6.96. The minimum atomic E-state index is -0.423. The van der Waals surface area contributed by atoms with Crippen LogP contribution in [0.4, 0.5) is 4.79 Å². The van der Waals surface area contributed by atoms with Crippen molar-refractivity contribution in [3.8, 4) is 0 Å². The summed E-state index contributed by atoms with van der Waals surface area (Å²) in [5, 5.41) is 6.43. The largest absolute Gasteiger partial charge is 0.444 e. The maximum absolute atomic E-state index is 11.8. The Morgan fingerprint density at radius 2 is 1.95 bits per heavy atom. The first-order valence-corrected chi connectivity index (χ1v) is 7.88. The van der Waals surface area contributed by atoms with E-state index in [4.69, 9.17) is 4.74 Å². The van der Waals surface area contributed by atoms with Crippen LogP contribution in [0.15, 0.2) is 0 Å². The Balaban J connectivity index is 1.79. The zero-order chi connectivity index (χ0) is 14.6. The summed E-state index contributed by atoms with van der Waals surface area (Å²) >= 11 is 0. The topological polar surface area (TPSA) is 53.6 Å². The second-order valence-electron chi connectivity index (χ2n) is 6.96. The highest BCUT2D eigenvalue weighted by atomic mass is 16.6. The van der Waals surface area contributed by atoms with E-state index >= 15 is 0 Å². The number of carbonyl (C=O) groups excluding carboxylic acids is 1. The number of hydrogen-bond acceptors (Lipinski definition) is 4. The molecule has 0 aliphatic carbocycles. The molecule has 2 rings (SSSR count). The fourth-order valence-corrected chi connectivity index (χ4v) is 3.10. The molecule has 1 atom stereocenters. The van der Waals surface area contributed by atoms with E-state index in [1.54, 1.807) is 0 Å². The van der Waals surface area contributed by atoms with Gasteiger partial charge in [-0.05, 0) is 66.1 Å². The highest BCUT2D eigenvalue weighted by molar-refractivity contribution is 5.68. The van der Waals surface area contributed by atoms with Crippen molar-refractivity contribution < 1.29 is 9.53 Å². The number of ether oxygens (including phenoxy) is 1. The molecule has 2 saturated heterocycles. The third-order valence-electron chi connectivity index (χ3n) is 4.00. The number of piperidine rings is 2. The third-order valence-corrected chi connectivity index (χ3v) is 4.00. The molecule has 2 aliphatic heterocycles. The summed E-state index contributed by atoms with van der Waals surface area (Å²) in [6.07, 6.45) is 4.37. The quantitative estimate of drug-likeness (QED) is 0.810. The van der Waals surface area contributed by atoms with E-state index in [1.165, 1.54) is 12.8 Å². The van der Waals surface area contributed by atoms with Crippen molar-refractivity contribution in [1.29, 1.82) is 0 Å². The van der Waals surface area contributed by atoms with Crippen molar-refractivity contribution in [2.24, 2.45) is 0 Å². The lowest BCUT2D eigenvalue weighted by molar-refractivity contribution is 0.0444. The third kappa shape index (κ3) is 4.94. The highest BCUT2D eigenvalue weighted by Crippen LogP contribution is 2.19. The van der Waals surface area contributed by atoms with Crippen LogP contribution < -0.4 is 10.6 Å². The average Bonchev–Trinajstić information content (AvgIpc) is 2.38. The SMILES string of the molecule is CC(C)(C)OC(=O)N[C@@H]1CCCN(C2CCNCC2)C1. The predicted octanol–water partition coefficient (Wildman–Crippen LogP) is 1.73. The number of alkyl carbamates (subject to hydrolysis) is 1. The zero-order valence-electron chi connectivity index (χ0n) is 13.1. The predicted molar refractivity (Wildman–Crippen MR) is 79.9 cm³/mol. The van der Waals surface area contributed by atoms with E-state index in [9.17, 15) is 4.79 Å². The molecular weight excluding hydrogens is 254 g/mol. The van der Waals surface area contributed by atoms with Crippen molar-refractivity contribution >= 4 is 6.09 Å². The lowest BCUT2D eigenvalue weighted by Gasteiger charge is -2.40. The maximum Gasteiger partial charge on any atom is 0.407 e. The van der Waals surface area contributed by atoms with Crippen LogP contribution in [0.25, 0.3) is 0 Å². The molecule has 0 aromatic rings. The fraction of sp³-hybridized carbons (Fsp3) is 0.933.